The van der Waals surface area contributed by atoms with Crippen molar-refractivity contribution in [1.82, 2.24) is 0 Å². The summed E-state index contributed by atoms with van der Waals surface area (Å²) in [7, 11) is -0.0497. The highest BCUT2D eigenvalue weighted by Gasteiger charge is 2.28. The Balaban J connectivity index is 0.000000242. The molecule has 0 saturated carbocycles. The van der Waals surface area contributed by atoms with Crippen LogP contribution in [0.5, 0.6) is 0 Å². The van der Waals surface area contributed by atoms with Crippen molar-refractivity contribution in [2.45, 2.75) is 101 Å². The first-order valence-corrected chi connectivity index (χ1v) is 16.2. The summed E-state index contributed by atoms with van der Waals surface area (Å²) in [5.41, 5.74) is 1.93. The van der Waals surface area contributed by atoms with Gasteiger partial charge < -0.3 is 9.47 Å². The van der Waals surface area contributed by atoms with E-state index >= 15 is 0 Å². The third-order valence-corrected chi connectivity index (χ3v) is 8.49. The topological polar surface area (TPSA) is 52.6 Å². The highest BCUT2D eigenvalue weighted by atomic mass is 32.2. The van der Waals surface area contributed by atoms with Gasteiger partial charge in [-0.15, -0.1) is 0 Å². The molecule has 0 unspecified atom stereocenters. The average Bonchev–Trinajstić information content (AvgIpc) is 2.92. The Hall–Kier alpha value is -3.83. The summed E-state index contributed by atoms with van der Waals surface area (Å²) in [5, 5.41) is 0. The van der Waals surface area contributed by atoms with Crippen LogP contribution in [0.1, 0.15) is 94.2 Å². The quantitative estimate of drug-likeness (QED) is 0.166. The standard InChI is InChI=1S/C22H23S.C17H24O4/c1-22(2,3)18-14-16-21(17-15-18)23(19-10-6-4-7-11-19)20-12-8-5-9-13-20;1-11-8-12(14(18)20-16(2,3)4)10-13(9-11)15(19)21-17(5,6)7/h4-17H,1-3H3;8-10H,1-7H3/q+1;. The summed E-state index contributed by atoms with van der Waals surface area (Å²) in [6, 6.07) is 35.6. The molecule has 0 aliphatic rings. The van der Waals surface area contributed by atoms with Gasteiger partial charge in [0.15, 0.2) is 14.7 Å². The number of carbonyl (C=O) groups is 2. The van der Waals surface area contributed by atoms with Gasteiger partial charge in [-0.1, -0.05) is 69.3 Å². The van der Waals surface area contributed by atoms with E-state index in [9.17, 15) is 9.59 Å². The Morgan fingerprint density at radius 3 is 1.23 bits per heavy atom. The van der Waals surface area contributed by atoms with E-state index in [0.717, 1.165) is 5.56 Å². The van der Waals surface area contributed by atoms with Crippen LogP contribution in [0.4, 0.5) is 0 Å². The van der Waals surface area contributed by atoms with Crippen LogP contribution >= 0.6 is 0 Å². The van der Waals surface area contributed by atoms with E-state index in [4.69, 9.17) is 9.47 Å². The van der Waals surface area contributed by atoms with E-state index in [1.54, 1.807) is 53.7 Å². The second kappa shape index (κ2) is 14.3. The lowest BCUT2D eigenvalue weighted by Crippen LogP contribution is -2.25. The zero-order valence-corrected chi connectivity index (χ0v) is 28.7. The third kappa shape index (κ3) is 10.7. The Morgan fingerprint density at radius 1 is 0.523 bits per heavy atom. The molecule has 0 radical (unpaired) electrons. The van der Waals surface area contributed by atoms with E-state index in [1.165, 1.54) is 26.3 Å². The van der Waals surface area contributed by atoms with Gasteiger partial charge in [-0.3, -0.25) is 0 Å². The number of carbonyl (C=O) groups excluding carboxylic acids is 2. The van der Waals surface area contributed by atoms with E-state index in [0.29, 0.717) is 11.1 Å². The molecule has 4 nitrogen and oxygen atoms in total. The minimum Gasteiger partial charge on any atom is -0.456 e. The molecule has 0 saturated heterocycles. The zero-order valence-electron chi connectivity index (χ0n) is 27.9. The maximum Gasteiger partial charge on any atom is 0.338 e. The number of ether oxygens (including phenoxy) is 2. The minimum absolute atomic E-state index is 0.0497. The minimum atomic E-state index is -0.576. The van der Waals surface area contributed by atoms with Crippen LogP contribution in [-0.2, 0) is 25.8 Å². The molecule has 4 aromatic carbocycles. The van der Waals surface area contributed by atoms with Gasteiger partial charge in [-0.2, -0.15) is 0 Å². The summed E-state index contributed by atoms with van der Waals surface area (Å²) in [4.78, 5) is 28.3. The monoisotopic (exact) mass is 611 g/mol. The van der Waals surface area contributed by atoms with Gasteiger partial charge in [-0.05, 0) is 120 Å². The van der Waals surface area contributed by atoms with Gasteiger partial charge in [0.25, 0.3) is 0 Å². The van der Waals surface area contributed by atoms with Crippen LogP contribution in [0.25, 0.3) is 0 Å². The number of aryl methyl sites for hydroxylation is 1. The van der Waals surface area contributed by atoms with Crippen molar-refractivity contribution < 1.29 is 19.1 Å². The molecular formula is C39H47O4S+. The molecule has 0 N–H and O–H groups in total. The van der Waals surface area contributed by atoms with E-state index in [-0.39, 0.29) is 16.3 Å². The molecule has 0 amide bonds. The number of hydrogen-bond donors (Lipinski definition) is 0. The molecule has 0 fully saturated rings. The lowest BCUT2D eigenvalue weighted by Gasteiger charge is -2.21. The SMILES string of the molecule is CC(C)(C)c1ccc([S+](c2ccccc2)c2ccccc2)cc1.Cc1cc(C(=O)OC(C)(C)C)cc(C(=O)OC(C)(C)C)c1. The Morgan fingerprint density at radius 2 is 0.886 bits per heavy atom. The van der Waals surface area contributed by atoms with E-state index in [2.05, 4.69) is 106 Å². The van der Waals surface area contributed by atoms with Crippen molar-refractivity contribution in [3.05, 3.63) is 125 Å². The fourth-order valence-electron chi connectivity index (χ4n) is 4.31. The van der Waals surface area contributed by atoms with Gasteiger partial charge >= 0.3 is 11.9 Å². The van der Waals surface area contributed by atoms with Crippen molar-refractivity contribution in [3.8, 4) is 0 Å². The summed E-state index contributed by atoms with van der Waals surface area (Å²) >= 11 is 0. The van der Waals surface area contributed by atoms with Gasteiger partial charge in [0.2, 0.25) is 0 Å². The van der Waals surface area contributed by atoms with Crippen molar-refractivity contribution in [3.63, 3.8) is 0 Å². The first-order chi connectivity index (χ1) is 20.4. The molecule has 0 aromatic heterocycles. The Kier molecular flexibility index (Phi) is 11.3. The molecule has 5 heteroatoms. The smallest absolute Gasteiger partial charge is 0.338 e. The summed E-state index contributed by atoms with van der Waals surface area (Å²) in [6.07, 6.45) is 0. The average molecular weight is 612 g/mol. The predicted molar refractivity (Wildman–Crippen MR) is 182 cm³/mol. The summed E-state index contributed by atoms with van der Waals surface area (Å²) < 4.78 is 10.6. The van der Waals surface area contributed by atoms with Crippen LogP contribution < -0.4 is 0 Å². The molecule has 4 aromatic rings. The Labute approximate surface area is 267 Å². The van der Waals surface area contributed by atoms with Crippen molar-refractivity contribution in [2.75, 3.05) is 0 Å². The van der Waals surface area contributed by atoms with E-state index < -0.39 is 23.1 Å². The lowest BCUT2D eigenvalue weighted by atomic mass is 9.87. The molecule has 232 valence electrons. The summed E-state index contributed by atoms with van der Waals surface area (Å²) in [6.45, 7) is 19.4. The largest absolute Gasteiger partial charge is 0.456 e. The lowest BCUT2D eigenvalue weighted by molar-refractivity contribution is 0.00676. The van der Waals surface area contributed by atoms with E-state index in [1.807, 2.05) is 6.92 Å². The van der Waals surface area contributed by atoms with Gasteiger partial charge in [0, 0.05) is 0 Å². The van der Waals surface area contributed by atoms with Crippen LogP contribution in [0.15, 0.2) is 118 Å². The molecule has 0 aliphatic carbocycles. The second-order valence-corrected chi connectivity index (χ2v) is 15.8. The third-order valence-electron chi connectivity index (χ3n) is 6.26. The van der Waals surface area contributed by atoms with Crippen molar-refractivity contribution in [2.24, 2.45) is 0 Å². The maximum atomic E-state index is 12.1. The van der Waals surface area contributed by atoms with Crippen LogP contribution in [0.3, 0.4) is 0 Å². The summed E-state index contributed by atoms with van der Waals surface area (Å²) in [5.74, 6) is -0.896. The van der Waals surface area contributed by atoms with Gasteiger partial charge in [-0.25, -0.2) is 9.59 Å². The first-order valence-electron chi connectivity index (χ1n) is 15.0. The zero-order chi connectivity index (χ0) is 32.7. The number of esters is 2. The van der Waals surface area contributed by atoms with Gasteiger partial charge in [0.1, 0.15) is 11.2 Å². The fraction of sp³-hybridized carbons (Fsp3) is 0.333. The molecule has 4 rings (SSSR count). The highest BCUT2D eigenvalue weighted by molar-refractivity contribution is 7.97. The van der Waals surface area contributed by atoms with Crippen LogP contribution in [-0.4, -0.2) is 23.1 Å². The molecule has 0 aliphatic heterocycles. The predicted octanol–water partition coefficient (Wildman–Crippen LogP) is 9.99. The molecule has 0 atom stereocenters. The molecule has 0 spiro atoms. The molecular weight excluding hydrogens is 564 g/mol. The van der Waals surface area contributed by atoms with Crippen molar-refractivity contribution >= 4 is 22.8 Å². The maximum absolute atomic E-state index is 12.1. The number of benzene rings is 4. The fourth-order valence-corrected chi connectivity index (χ4v) is 6.39. The van der Waals surface area contributed by atoms with Crippen LogP contribution in [0.2, 0.25) is 0 Å². The first kappa shape index (κ1) is 34.7. The molecule has 0 bridgehead atoms. The normalized spacial score (nSPS) is 11.8. The highest BCUT2D eigenvalue weighted by Crippen LogP contribution is 2.32. The molecule has 44 heavy (non-hydrogen) atoms. The van der Waals surface area contributed by atoms with Crippen molar-refractivity contribution in [1.29, 1.82) is 0 Å². The number of rotatable bonds is 5. The number of hydrogen-bond acceptors (Lipinski definition) is 4. The van der Waals surface area contributed by atoms with Gasteiger partial charge in [0.05, 0.1) is 22.0 Å². The van der Waals surface area contributed by atoms with Crippen LogP contribution in [0, 0.1) is 6.92 Å². The Bertz CT molecular complexity index is 1440. The molecule has 0 heterocycles. The second-order valence-electron chi connectivity index (χ2n) is 13.8.